The Hall–Kier alpha value is -1.10. The molecule has 2 aliphatic rings. The smallest absolute Gasteiger partial charge is 0.122 e. The fraction of sp³-hybridized carbons (Fsp3) is 0.647. The van der Waals surface area contributed by atoms with Crippen molar-refractivity contribution in [1.82, 2.24) is 4.90 Å². The largest absolute Gasteiger partial charge is 0.493 e. The van der Waals surface area contributed by atoms with Gasteiger partial charge in [0, 0.05) is 32.2 Å². The quantitative estimate of drug-likeness (QED) is 0.902. The molecule has 0 aromatic heterocycles. The number of rotatable bonds is 5. The summed E-state index contributed by atoms with van der Waals surface area (Å²) in [4.78, 5) is 2.49. The summed E-state index contributed by atoms with van der Waals surface area (Å²) in [5, 5.41) is 0. The van der Waals surface area contributed by atoms with E-state index in [1.807, 2.05) is 0 Å². The van der Waals surface area contributed by atoms with Crippen molar-refractivity contribution in [1.29, 1.82) is 0 Å². The molecule has 2 unspecified atom stereocenters. The number of nitrogens with two attached hydrogens (primary N) is 1. The zero-order chi connectivity index (χ0) is 14.7. The Labute approximate surface area is 127 Å². The molecule has 2 heterocycles. The highest BCUT2D eigenvalue weighted by molar-refractivity contribution is 5.41. The Morgan fingerprint density at radius 2 is 2.38 bits per heavy atom. The normalized spacial score (nSPS) is 23.6. The van der Waals surface area contributed by atoms with Crippen molar-refractivity contribution in [2.45, 2.75) is 38.3 Å². The number of hydrogen-bond acceptors (Lipinski definition) is 4. The number of benzene rings is 1. The van der Waals surface area contributed by atoms with Gasteiger partial charge in [-0.1, -0.05) is 12.1 Å². The van der Waals surface area contributed by atoms with Crippen LogP contribution in [0, 0.1) is 0 Å². The summed E-state index contributed by atoms with van der Waals surface area (Å²) in [6.07, 6.45) is 3.73. The fourth-order valence-electron chi connectivity index (χ4n) is 3.53. The molecule has 4 nitrogen and oxygen atoms in total. The van der Waals surface area contributed by atoms with E-state index in [1.54, 1.807) is 0 Å². The van der Waals surface area contributed by atoms with E-state index in [4.69, 9.17) is 15.2 Å². The minimum atomic E-state index is 0.291. The Morgan fingerprint density at radius 1 is 1.48 bits per heavy atom. The van der Waals surface area contributed by atoms with E-state index in [1.165, 1.54) is 24.0 Å². The first-order valence-electron chi connectivity index (χ1n) is 8.13. The van der Waals surface area contributed by atoms with Crippen molar-refractivity contribution in [2.24, 2.45) is 5.73 Å². The maximum absolute atomic E-state index is 6.09. The van der Waals surface area contributed by atoms with Crippen LogP contribution in [0.15, 0.2) is 18.2 Å². The molecule has 116 valence electrons. The third-order valence-corrected chi connectivity index (χ3v) is 4.57. The first-order chi connectivity index (χ1) is 10.3. The molecule has 1 aromatic carbocycles. The van der Waals surface area contributed by atoms with Gasteiger partial charge in [0.15, 0.2) is 0 Å². The van der Waals surface area contributed by atoms with Crippen molar-refractivity contribution < 1.29 is 9.47 Å². The molecule has 0 aliphatic carbocycles. The van der Waals surface area contributed by atoms with Crippen molar-refractivity contribution in [3.63, 3.8) is 0 Å². The molecule has 2 N–H and O–H groups in total. The molecule has 4 heteroatoms. The number of piperidine rings is 1. The monoisotopic (exact) mass is 290 g/mol. The Morgan fingerprint density at radius 3 is 3.19 bits per heavy atom. The molecular weight excluding hydrogens is 264 g/mol. The number of likely N-dealkylation sites (tertiary alicyclic amines) is 1. The van der Waals surface area contributed by atoms with Crippen LogP contribution in [0.3, 0.4) is 0 Å². The molecule has 2 aliphatic heterocycles. The highest BCUT2D eigenvalue weighted by Crippen LogP contribution is 2.31. The Bertz CT molecular complexity index is 476. The summed E-state index contributed by atoms with van der Waals surface area (Å²) >= 11 is 0. The Kier molecular flexibility index (Phi) is 4.78. The average Bonchev–Trinajstić information content (AvgIpc) is 2.96. The van der Waals surface area contributed by atoms with Crippen LogP contribution in [-0.2, 0) is 11.2 Å². The lowest BCUT2D eigenvalue weighted by atomic mass is 9.98. The highest BCUT2D eigenvalue weighted by atomic mass is 16.5. The molecule has 0 saturated carbocycles. The molecule has 1 saturated heterocycles. The molecule has 0 spiro atoms. The molecular formula is C17H26N2O2. The Balaban J connectivity index is 1.75. The van der Waals surface area contributed by atoms with E-state index in [-0.39, 0.29) is 0 Å². The highest BCUT2D eigenvalue weighted by Gasteiger charge is 2.27. The maximum atomic E-state index is 6.09. The van der Waals surface area contributed by atoms with Gasteiger partial charge >= 0.3 is 0 Å². The summed E-state index contributed by atoms with van der Waals surface area (Å²) in [5.74, 6) is 1.04. The second kappa shape index (κ2) is 6.77. The van der Waals surface area contributed by atoms with E-state index < -0.39 is 0 Å². The maximum Gasteiger partial charge on any atom is 0.122 e. The van der Waals surface area contributed by atoms with Gasteiger partial charge in [-0.15, -0.1) is 0 Å². The molecule has 0 amide bonds. The van der Waals surface area contributed by atoms with Gasteiger partial charge in [0.25, 0.3) is 0 Å². The third-order valence-electron chi connectivity index (χ3n) is 4.57. The minimum Gasteiger partial charge on any atom is -0.493 e. The van der Waals surface area contributed by atoms with Crippen LogP contribution in [0.4, 0.5) is 0 Å². The van der Waals surface area contributed by atoms with Gasteiger partial charge in [0.2, 0.25) is 0 Å². The van der Waals surface area contributed by atoms with Crippen molar-refractivity contribution in [3.05, 3.63) is 29.3 Å². The molecule has 3 rings (SSSR count). The van der Waals surface area contributed by atoms with Gasteiger partial charge in [-0.3, -0.25) is 4.90 Å². The first kappa shape index (κ1) is 14.8. The van der Waals surface area contributed by atoms with Crippen LogP contribution < -0.4 is 10.5 Å². The molecule has 0 radical (unpaired) electrons. The molecule has 0 bridgehead atoms. The van der Waals surface area contributed by atoms with Gasteiger partial charge in [-0.05, 0) is 43.5 Å². The standard InChI is InChI=1S/C17H26N2O2/c1-2-20-15-4-3-8-19(12-15)16(11-18)13-5-6-17-14(10-13)7-9-21-17/h5-6,10,15-16H,2-4,7-9,11-12,18H2,1H3. The zero-order valence-electron chi connectivity index (χ0n) is 12.9. The summed E-state index contributed by atoms with van der Waals surface area (Å²) in [5.41, 5.74) is 8.73. The minimum absolute atomic E-state index is 0.291. The van der Waals surface area contributed by atoms with Crippen molar-refractivity contribution in [3.8, 4) is 5.75 Å². The van der Waals surface area contributed by atoms with E-state index >= 15 is 0 Å². The van der Waals surface area contributed by atoms with Gasteiger partial charge in [-0.25, -0.2) is 0 Å². The lowest BCUT2D eigenvalue weighted by molar-refractivity contribution is -0.00660. The van der Waals surface area contributed by atoms with Gasteiger partial charge in [0.05, 0.1) is 12.7 Å². The second-order valence-corrected chi connectivity index (χ2v) is 5.93. The summed E-state index contributed by atoms with van der Waals surface area (Å²) in [6, 6.07) is 6.85. The van der Waals surface area contributed by atoms with Crippen LogP contribution in [0.5, 0.6) is 5.75 Å². The lowest BCUT2D eigenvalue weighted by Crippen LogP contribution is -2.44. The number of nitrogens with zero attached hydrogens (tertiary/aromatic N) is 1. The second-order valence-electron chi connectivity index (χ2n) is 5.93. The van der Waals surface area contributed by atoms with Gasteiger partial charge < -0.3 is 15.2 Å². The summed E-state index contributed by atoms with van der Waals surface area (Å²) in [6.45, 7) is 6.42. The molecule has 21 heavy (non-hydrogen) atoms. The summed E-state index contributed by atoms with van der Waals surface area (Å²) < 4.78 is 11.4. The number of fused-ring (bicyclic) bond motifs is 1. The van der Waals surface area contributed by atoms with E-state index in [9.17, 15) is 0 Å². The predicted octanol–water partition coefficient (Wildman–Crippen LogP) is 2.12. The van der Waals surface area contributed by atoms with Crippen LogP contribution in [0.1, 0.15) is 36.9 Å². The number of ether oxygens (including phenoxy) is 2. The van der Waals surface area contributed by atoms with Crippen molar-refractivity contribution in [2.75, 3.05) is 32.8 Å². The van der Waals surface area contributed by atoms with Crippen LogP contribution >= 0.6 is 0 Å². The third kappa shape index (κ3) is 3.23. The van der Waals surface area contributed by atoms with E-state index in [0.29, 0.717) is 18.7 Å². The van der Waals surface area contributed by atoms with Crippen LogP contribution in [-0.4, -0.2) is 43.9 Å². The number of hydrogen-bond donors (Lipinski definition) is 1. The van der Waals surface area contributed by atoms with E-state index in [2.05, 4.69) is 30.0 Å². The van der Waals surface area contributed by atoms with Gasteiger partial charge in [0.1, 0.15) is 5.75 Å². The predicted molar refractivity (Wildman–Crippen MR) is 83.7 cm³/mol. The topological polar surface area (TPSA) is 47.7 Å². The average molecular weight is 290 g/mol. The molecule has 1 aromatic rings. The fourth-order valence-corrected chi connectivity index (χ4v) is 3.53. The van der Waals surface area contributed by atoms with Gasteiger partial charge in [-0.2, -0.15) is 0 Å². The first-order valence-corrected chi connectivity index (χ1v) is 8.13. The van der Waals surface area contributed by atoms with Crippen molar-refractivity contribution >= 4 is 0 Å². The van der Waals surface area contributed by atoms with Crippen LogP contribution in [0.25, 0.3) is 0 Å². The SMILES string of the molecule is CCOC1CCCN(C(CN)c2ccc3c(c2)CCO3)C1. The summed E-state index contributed by atoms with van der Waals surface area (Å²) in [7, 11) is 0. The molecule has 2 atom stereocenters. The van der Waals surface area contributed by atoms with Crippen LogP contribution in [0.2, 0.25) is 0 Å². The molecule has 1 fully saturated rings. The van der Waals surface area contributed by atoms with E-state index in [0.717, 1.165) is 38.5 Å². The lowest BCUT2D eigenvalue weighted by Gasteiger charge is -2.38. The zero-order valence-corrected chi connectivity index (χ0v) is 12.9.